The van der Waals surface area contributed by atoms with Gasteiger partial charge >= 0.3 is 0 Å². The molecule has 4 unspecified atom stereocenters. The van der Waals surface area contributed by atoms with Crippen LogP contribution in [0.5, 0.6) is 0 Å². The summed E-state index contributed by atoms with van der Waals surface area (Å²) in [6, 6.07) is 0. The number of rotatable bonds is 3. The number of ether oxygens (including phenoxy) is 1. The monoisotopic (exact) mass is 289 g/mol. The van der Waals surface area contributed by atoms with E-state index in [4.69, 9.17) is 4.74 Å². The zero-order valence-corrected chi connectivity index (χ0v) is 11.3. The minimum Gasteiger partial charge on any atom is -0.378 e. The van der Waals surface area contributed by atoms with Crippen LogP contribution in [-0.2, 0) is 9.53 Å². The summed E-state index contributed by atoms with van der Waals surface area (Å²) in [7, 11) is 0. The van der Waals surface area contributed by atoms with E-state index in [-0.39, 0.29) is 17.9 Å². The first kappa shape index (κ1) is 12.4. The third kappa shape index (κ3) is 2.77. The fourth-order valence-electron chi connectivity index (χ4n) is 2.66. The van der Waals surface area contributed by atoms with Crippen molar-refractivity contribution in [2.45, 2.75) is 43.5 Å². The third-order valence-corrected chi connectivity index (χ3v) is 5.02. The molecular weight excluding hydrogens is 270 g/mol. The second kappa shape index (κ2) is 5.50. The summed E-state index contributed by atoms with van der Waals surface area (Å²) < 4.78 is 5.41. The molecule has 2 fully saturated rings. The van der Waals surface area contributed by atoms with Gasteiger partial charge in [0.15, 0.2) is 0 Å². The van der Waals surface area contributed by atoms with Gasteiger partial charge in [0.2, 0.25) is 5.91 Å². The van der Waals surface area contributed by atoms with Crippen LogP contribution in [0.15, 0.2) is 0 Å². The highest BCUT2D eigenvalue weighted by molar-refractivity contribution is 9.09. The predicted molar refractivity (Wildman–Crippen MR) is 66.6 cm³/mol. The summed E-state index contributed by atoms with van der Waals surface area (Å²) in [5.41, 5.74) is 0. The van der Waals surface area contributed by atoms with Gasteiger partial charge in [0.1, 0.15) is 0 Å². The van der Waals surface area contributed by atoms with E-state index in [1.807, 2.05) is 6.92 Å². The van der Waals surface area contributed by atoms with E-state index in [9.17, 15) is 4.79 Å². The second-order valence-corrected chi connectivity index (χ2v) is 6.10. The molecule has 0 aromatic rings. The van der Waals surface area contributed by atoms with Gasteiger partial charge in [-0.3, -0.25) is 4.79 Å². The number of hydrogen-bond donors (Lipinski definition) is 1. The molecule has 16 heavy (non-hydrogen) atoms. The SMILES string of the molecule is CC1OCCC1C(=O)NCC1CCCC1Br. The number of halogens is 1. The minimum atomic E-state index is 0.0650. The molecule has 0 spiro atoms. The fraction of sp³-hybridized carbons (Fsp3) is 0.917. The minimum absolute atomic E-state index is 0.0650. The Kier molecular flexibility index (Phi) is 4.25. The number of hydrogen-bond acceptors (Lipinski definition) is 2. The van der Waals surface area contributed by atoms with Crippen molar-refractivity contribution in [3.05, 3.63) is 0 Å². The molecule has 4 heteroatoms. The first-order valence-electron chi connectivity index (χ1n) is 6.22. The quantitative estimate of drug-likeness (QED) is 0.808. The van der Waals surface area contributed by atoms with Crippen molar-refractivity contribution in [3.8, 4) is 0 Å². The Bertz CT molecular complexity index is 259. The highest BCUT2D eigenvalue weighted by Gasteiger charge is 2.32. The lowest BCUT2D eigenvalue weighted by atomic mass is 10.0. The first-order chi connectivity index (χ1) is 7.68. The summed E-state index contributed by atoms with van der Waals surface area (Å²) in [5.74, 6) is 0.855. The molecule has 1 N–H and O–H groups in total. The molecule has 0 aromatic carbocycles. The van der Waals surface area contributed by atoms with Crippen molar-refractivity contribution < 1.29 is 9.53 Å². The van der Waals surface area contributed by atoms with Gasteiger partial charge in [0, 0.05) is 18.0 Å². The molecule has 4 atom stereocenters. The predicted octanol–water partition coefficient (Wildman–Crippen LogP) is 2.09. The summed E-state index contributed by atoms with van der Waals surface area (Å²) in [5, 5.41) is 3.08. The Morgan fingerprint density at radius 2 is 2.25 bits per heavy atom. The highest BCUT2D eigenvalue weighted by Crippen LogP contribution is 2.31. The van der Waals surface area contributed by atoms with Crippen molar-refractivity contribution >= 4 is 21.8 Å². The van der Waals surface area contributed by atoms with E-state index in [1.54, 1.807) is 0 Å². The number of alkyl halides is 1. The van der Waals surface area contributed by atoms with Crippen molar-refractivity contribution in [2.75, 3.05) is 13.2 Å². The Labute approximate surface area is 105 Å². The average molecular weight is 290 g/mol. The van der Waals surface area contributed by atoms with Crippen molar-refractivity contribution in [2.24, 2.45) is 11.8 Å². The van der Waals surface area contributed by atoms with Gasteiger partial charge in [0.25, 0.3) is 0 Å². The normalized spacial score (nSPS) is 38.9. The summed E-state index contributed by atoms with van der Waals surface area (Å²) in [4.78, 5) is 12.5. The maximum Gasteiger partial charge on any atom is 0.225 e. The Hall–Kier alpha value is -0.0900. The third-order valence-electron chi connectivity index (χ3n) is 3.82. The lowest BCUT2D eigenvalue weighted by molar-refractivity contribution is -0.126. The molecule has 0 aromatic heterocycles. The van der Waals surface area contributed by atoms with Crippen molar-refractivity contribution in [1.29, 1.82) is 0 Å². The van der Waals surface area contributed by atoms with Crippen LogP contribution < -0.4 is 5.32 Å². The van der Waals surface area contributed by atoms with Gasteiger partial charge in [-0.1, -0.05) is 22.4 Å². The van der Waals surface area contributed by atoms with Crippen LogP contribution in [0.2, 0.25) is 0 Å². The average Bonchev–Trinajstić information content (AvgIpc) is 2.84. The van der Waals surface area contributed by atoms with Crippen LogP contribution >= 0.6 is 15.9 Å². The molecule has 2 rings (SSSR count). The molecule has 1 heterocycles. The van der Waals surface area contributed by atoms with Gasteiger partial charge in [-0.2, -0.15) is 0 Å². The molecule has 92 valence electrons. The second-order valence-electron chi connectivity index (χ2n) is 4.92. The van der Waals surface area contributed by atoms with Crippen molar-refractivity contribution in [3.63, 3.8) is 0 Å². The maximum absolute atomic E-state index is 11.9. The van der Waals surface area contributed by atoms with Crippen LogP contribution in [0.3, 0.4) is 0 Å². The summed E-state index contributed by atoms with van der Waals surface area (Å²) in [6.07, 6.45) is 4.70. The molecule has 0 radical (unpaired) electrons. The zero-order chi connectivity index (χ0) is 11.5. The number of nitrogens with one attached hydrogen (secondary N) is 1. The molecule has 1 saturated carbocycles. The van der Waals surface area contributed by atoms with E-state index in [2.05, 4.69) is 21.2 Å². The molecule has 2 aliphatic rings. The fourth-order valence-corrected chi connectivity index (χ4v) is 3.44. The standard InChI is InChI=1S/C12H20BrNO2/c1-8-10(5-6-16-8)12(15)14-7-9-3-2-4-11(9)13/h8-11H,2-7H2,1H3,(H,14,15). The lowest BCUT2D eigenvalue weighted by Crippen LogP contribution is -2.37. The highest BCUT2D eigenvalue weighted by atomic mass is 79.9. The maximum atomic E-state index is 11.9. The van der Waals surface area contributed by atoms with Gasteiger partial charge in [0.05, 0.1) is 12.0 Å². The van der Waals surface area contributed by atoms with Crippen molar-refractivity contribution in [1.82, 2.24) is 5.32 Å². The van der Waals surface area contributed by atoms with Crippen LogP contribution in [0, 0.1) is 11.8 Å². The zero-order valence-electron chi connectivity index (χ0n) is 9.75. The van der Waals surface area contributed by atoms with E-state index in [0.29, 0.717) is 10.7 Å². The van der Waals surface area contributed by atoms with Gasteiger partial charge in [-0.05, 0) is 32.1 Å². The van der Waals surface area contributed by atoms with Crippen LogP contribution in [0.1, 0.15) is 32.6 Å². The van der Waals surface area contributed by atoms with Crippen LogP contribution in [0.25, 0.3) is 0 Å². The van der Waals surface area contributed by atoms with E-state index >= 15 is 0 Å². The molecule has 3 nitrogen and oxygen atoms in total. The van der Waals surface area contributed by atoms with Gasteiger partial charge in [-0.25, -0.2) is 0 Å². The van der Waals surface area contributed by atoms with Gasteiger partial charge in [-0.15, -0.1) is 0 Å². The smallest absolute Gasteiger partial charge is 0.225 e. The molecular formula is C12H20BrNO2. The lowest BCUT2D eigenvalue weighted by Gasteiger charge is -2.18. The summed E-state index contributed by atoms with van der Waals surface area (Å²) >= 11 is 3.67. The Balaban J connectivity index is 1.75. The molecule has 0 bridgehead atoms. The van der Waals surface area contributed by atoms with Crippen LogP contribution in [-0.4, -0.2) is 30.0 Å². The van der Waals surface area contributed by atoms with E-state index in [1.165, 1.54) is 19.3 Å². The largest absolute Gasteiger partial charge is 0.378 e. The Morgan fingerprint density at radius 3 is 2.81 bits per heavy atom. The molecule has 1 aliphatic carbocycles. The van der Waals surface area contributed by atoms with Gasteiger partial charge < -0.3 is 10.1 Å². The molecule has 1 aliphatic heterocycles. The number of amides is 1. The number of carbonyl (C=O) groups is 1. The first-order valence-corrected chi connectivity index (χ1v) is 7.13. The molecule has 1 saturated heterocycles. The van der Waals surface area contributed by atoms with E-state index in [0.717, 1.165) is 19.6 Å². The Morgan fingerprint density at radius 1 is 1.44 bits per heavy atom. The summed E-state index contributed by atoms with van der Waals surface area (Å²) in [6.45, 7) is 3.53. The molecule has 1 amide bonds. The number of carbonyl (C=O) groups excluding carboxylic acids is 1. The van der Waals surface area contributed by atoms with Crippen LogP contribution in [0.4, 0.5) is 0 Å². The topological polar surface area (TPSA) is 38.3 Å². The van der Waals surface area contributed by atoms with E-state index < -0.39 is 0 Å².